The van der Waals surface area contributed by atoms with Gasteiger partial charge in [-0.1, -0.05) is 80.7 Å². The summed E-state index contributed by atoms with van der Waals surface area (Å²) < 4.78 is 6.84. The molecule has 205 valence electrons. The Hall–Kier alpha value is -3.04. The molecule has 0 fully saturated rings. The first-order valence-electron chi connectivity index (χ1n) is 14.2. The standard InChI is InChI=1S/C32H44N3O3/c1-31(2)32(3,4)35(37)30(34(31)36)15-13-11-9-7-5-6-8-10-12-14-24-38-29-22-20-28(21-23-29)27-18-16-26(25-33)17-19-27/h16-23H,5-15,24H2,1-4H3. The molecule has 6 nitrogen and oxygen atoms in total. The Morgan fingerprint density at radius 1 is 0.789 bits per heavy atom. The molecule has 0 atom stereocenters. The van der Waals surface area contributed by atoms with E-state index in [4.69, 9.17) is 10.00 Å². The molecule has 0 saturated carbocycles. The number of nitriles is 1. The van der Waals surface area contributed by atoms with Crippen LogP contribution in [0, 0.1) is 16.5 Å². The Labute approximate surface area is 229 Å². The highest BCUT2D eigenvalue weighted by atomic mass is 16.5. The highest BCUT2D eigenvalue weighted by molar-refractivity contribution is 5.79. The minimum absolute atomic E-state index is 0.393. The normalized spacial score (nSPS) is 16.1. The third-order valence-corrected chi connectivity index (χ3v) is 8.25. The summed E-state index contributed by atoms with van der Waals surface area (Å²) in [6.45, 7) is 8.15. The van der Waals surface area contributed by atoms with Crippen LogP contribution in [0.4, 0.5) is 0 Å². The van der Waals surface area contributed by atoms with Crippen molar-refractivity contribution >= 4 is 5.84 Å². The molecule has 3 rings (SSSR count). The van der Waals surface area contributed by atoms with Gasteiger partial charge in [0, 0.05) is 5.21 Å². The van der Waals surface area contributed by atoms with Gasteiger partial charge in [0.05, 0.1) is 24.7 Å². The maximum Gasteiger partial charge on any atom is 0.284 e. The largest absolute Gasteiger partial charge is 0.715 e. The van der Waals surface area contributed by atoms with Crippen molar-refractivity contribution in [3.05, 3.63) is 59.3 Å². The first-order valence-corrected chi connectivity index (χ1v) is 14.2. The van der Waals surface area contributed by atoms with E-state index in [9.17, 15) is 10.4 Å². The fourth-order valence-corrected chi connectivity index (χ4v) is 4.90. The number of amidine groups is 1. The molecule has 2 aromatic carbocycles. The molecule has 38 heavy (non-hydrogen) atoms. The third kappa shape index (κ3) is 7.29. The van der Waals surface area contributed by atoms with Gasteiger partial charge in [-0.2, -0.15) is 5.26 Å². The molecule has 1 aliphatic heterocycles. The van der Waals surface area contributed by atoms with Gasteiger partial charge < -0.3 is 9.94 Å². The van der Waals surface area contributed by atoms with Gasteiger partial charge in [0.25, 0.3) is 5.84 Å². The van der Waals surface area contributed by atoms with Crippen LogP contribution in [-0.2, 0) is 5.21 Å². The molecule has 1 radical (unpaired) electrons. The smallest absolute Gasteiger partial charge is 0.284 e. The van der Waals surface area contributed by atoms with Crippen molar-refractivity contribution in [2.45, 2.75) is 109 Å². The molecule has 0 unspecified atom stereocenters. The second kappa shape index (κ2) is 13.7. The second-order valence-corrected chi connectivity index (χ2v) is 11.5. The Morgan fingerprint density at radius 3 is 1.74 bits per heavy atom. The van der Waals surface area contributed by atoms with E-state index >= 15 is 0 Å². The van der Waals surface area contributed by atoms with E-state index in [-0.39, 0.29) is 0 Å². The molecular weight excluding hydrogens is 474 g/mol. The SMILES string of the molecule is CC1(C)N([O])C(CCCCCCCCCCCCOc2ccc(-c3ccc(C#N)cc3)cc2)=[N+]([O-])C1(C)C. The van der Waals surface area contributed by atoms with Gasteiger partial charge in [-0.3, -0.25) is 4.74 Å². The lowest BCUT2D eigenvalue weighted by atomic mass is 9.84. The first kappa shape index (κ1) is 29.5. The Kier molecular flexibility index (Phi) is 10.6. The summed E-state index contributed by atoms with van der Waals surface area (Å²) in [5.74, 6) is 1.29. The molecular formula is C32H44N3O3. The van der Waals surface area contributed by atoms with Crippen molar-refractivity contribution < 1.29 is 14.7 Å². The Bertz CT molecular complexity index is 1080. The van der Waals surface area contributed by atoms with Crippen LogP contribution in [0.25, 0.3) is 11.1 Å². The number of hydrogen-bond acceptors (Lipinski definition) is 4. The zero-order valence-corrected chi connectivity index (χ0v) is 23.7. The van der Waals surface area contributed by atoms with E-state index in [1.165, 1.54) is 38.5 Å². The highest BCUT2D eigenvalue weighted by Gasteiger charge is 2.59. The van der Waals surface area contributed by atoms with Crippen molar-refractivity contribution in [3.8, 4) is 22.9 Å². The van der Waals surface area contributed by atoms with Gasteiger partial charge in [0.1, 0.15) is 11.3 Å². The van der Waals surface area contributed by atoms with E-state index < -0.39 is 11.1 Å². The molecule has 0 spiro atoms. The topological polar surface area (TPSA) is 82.2 Å². The maximum atomic E-state index is 12.6. The molecule has 1 heterocycles. The van der Waals surface area contributed by atoms with Gasteiger partial charge in [-0.25, -0.2) is 0 Å². The van der Waals surface area contributed by atoms with Gasteiger partial charge in [0.15, 0.2) is 5.54 Å². The predicted octanol–water partition coefficient (Wildman–Crippen LogP) is 8.02. The quantitative estimate of drug-likeness (QED) is 0.136. The molecule has 0 aliphatic carbocycles. The molecule has 0 N–H and O–H groups in total. The highest BCUT2D eigenvalue weighted by Crippen LogP contribution is 2.36. The zero-order chi connectivity index (χ0) is 27.6. The van der Waals surface area contributed by atoms with Crippen molar-refractivity contribution in [2.75, 3.05) is 6.61 Å². The summed E-state index contributed by atoms with van der Waals surface area (Å²) in [7, 11) is 0. The molecule has 0 bridgehead atoms. The molecule has 1 aliphatic rings. The van der Waals surface area contributed by atoms with Crippen LogP contribution in [0.3, 0.4) is 0 Å². The van der Waals surface area contributed by atoms with Crippen LogP contribution in [0.5, 0.6) is 5.75 Å². The lowest BCUT2D eigenvalue weighted by Gasteiger charge is -2.32. The van der Waals surface area contributed by atoms with Gasteiger partial charge in [0.2, 0.25) is 0 Å². The average molecular weight is 519 g/mol. The van der Waals surface area contributed by atoms with Crippen LogP contribution in [0.1, 0.15) is 104 Å². The van der Waals surface area contributed by atoms with E-state index in [0.717, 1.165) is 59.0 Å². The third-order valence-electron chi connectivity index (χ3n) is 8.25. The maximum absolute atomic E-state index is 12.6. The first-order chi connectivity index (χ1) is 18.2. The van der Waals surface area contributed by atoms with Crippen LogP contribution < -0.4 is 4.74 Å². The van der Waals surface area contributed by atoms with Crippen molar-refractivity contribution in [1.29, 1.82) is 5.26 Å². The van der Waals surface area contributed by atoms with E-state index in [1.54, 1.807) is 0 Å². The zero-order valence-electron chi connectivity index (χ0n) is 23.7. The Balaban J connectivity index is 1.17. The average Bonchev–Trinajstić information content (AvgIpc) is 3.03. The minimum Gasteiger partial charge on any atom is -0.715 e. The van der Waals surface area contributed by atoms with Gasteiger partial charge in [-0.05, 0) is 75.9 Å². The molecule has 0 amide bonds. The molecule has 2 aromatic rings. The van der Waals surface area contributed by atoms with Crippen molar-refractivity contribution in [2.24, 2.45) is 0 Å². The van der Waals surface area contributed by atoms with E-state index in [2.05, 4.69) is 18.2 Å². The predicted molar refractivity (Wildman–Crippen MR) is 152 cm³/mol. The number of hydrogen-bond donors (Lipinski definition) is 0. The van der Waals surface area contributed by atoms with Gasteiger partial charge in [-0.15, -0.1) is 0 Å². The van der Waals surface area contributed by atoms with E-state index in [1.807, 2.05) is 64.1 Å². The lowest BCUT2D eigenvalue weighted by molar-refractivity contribution is -0.540. The fourth-order valence-electron chi connectivity index (χ4n) is 4.90. The van der Waals surface area contributed by atoms with Crippen LogP contribution in [-0.4, -0.2) is 33.3 Å². The molecule has 0 aromatic heterocycles. The van der Waals surface area contributed by atoms with Crippen LogP contribution in [0.15, 0.2) is 48.5 Å². The molecule has 6 heteroatoms. The summed E-state index contributed by atoms with van der Waals surface area (Å²) in [6, 6.07) is 17.9. The van der Waals surface area contributed by atoms with Crippen LogP contribution in [0.2, 0.25) is 0 Å². The summed E-state index contributed by atoms with van der Waals surface area (Å²) >= 11 is 0. The summed E-state index contributed by atoms with van der Waals surface area (Å²) in [5, 5.41) is 35.0. The lowest BCUT2D eigenvalue weighted by Crippen LogP contribution is -2.53. The summed E-state index contributed by atoms with van der Waals surface area (Å²) in [6.07, 6.45) is 12.2. The molecule has 0 saturated heterocycles. The number of hydroxylamine groups is 3. The van der Waals surface area contributed by atoms with Crippen LogP contribution >= 0.6 is 0 Å². The number of unbranched alkanes of at least 4 members (excludes halogenated alkanes) is 9. The number of rotatable bonds is 15. The summed E-state index contributed by atoms with van der Waals surface area (Å²) in [5.41, 5.74) is 1.49. The van der Waals surface area contributed by atoms with Gasteiger partial charge >= 0.3 is 0 Å². The number of ether oxygens (including phenoxy) is 1. The monoisotopic (exact) mass is 518 g/mol. The van der Waals surface area contributed by atoms with Crippen molar-refractivity contribution in [1.82, 2.24) is 5.06 Å². The van der Waals surface area contributed by atoms with Crippen molar-refractivity contribution in [3.63, 3.8) is 0 Å². The van der Waals surface area contributed by atoms with E-state index in [0.29, 0.717) is 17.8 Å². The number of benzene rings is 2. The fraction of sp³-hybridized carbons (Fsp3) is 0.562. The summed E-state index contributed by atoms with van der Waals surface area (Å²) in [4.78, 5) is 0. The number of nitrogens with zero attached hydrogens (tertiary/aromatic N) is 3. The second-order valence-electron chi connectivity index (χ2n) is 11.5. The minimum atomic E-state index is -0.699. The Morgan fingerprint density at radius 2 is 1.26 bits per heavy atom.